The molecule has 96 valence electrons. The maximum Gasteiger partial charge on any atom is 0.242 e. The quantitative estimate of drug-likeness (QED) is 0.838. The number of aryl methyl sites for hydroxylation is 1. The summed E-state index contributed by atoms with van der Waals surface area (Å²) in [5.41, 5.74) is 6.12. The van der Waals surface area contributed by atoms with E-state index in [1.54, 1.807) is 19.1 Å². The average Bonchev–Trinajstić information content (AvgIpc) is 2.27. The summed E-state index contributed by atoms with van der Waals surface area (Å²) in [5, 5.41) is 0. The Morgan fingerprint density at radius 1 is 1.35 bits per heavy atom. The van der Waals surface area contributed by atoms with Crippen molar-refractivity contribution in [2.24, 2.45) is 5.73 Å². The Morgan fingerprint density at radius 2 is 2.00 bits per heavy atom. The van der Waals surface area contributed by atoms with Crippen LogP contribution in [0, 0.1) is 6.92 Å². The molecular weight excluding hydrogens is 240 g/mol. The van der Waals surface area contributed by atoms with E-state index in [4.69, 9.17) is 10.5 Å². The lowest BCUT2D eigenvalue weighted by molar-refractivity contribution is 0.326. The minimum atomic E-state index is -3.38. The molecule has 1 aromatic rings. The molecule has 0 aliphatic heterocycles. The van der Waals surface area contributed by atoms with E-state index in [2.05, 4.69) is 0 Å². The van der Waals surface area contributed by atoms with Crippen molar-refractivity contribution >= 4 is 10.0 Å². The van der Waals surface area contributed by atoms with Gasteiger partial charge in [0.1, 0.15) is 12.4 Å². The van der Waals surface area contributed by atoms with Crippen LogP contribution in [-0.2, 0) is 10.0 Å². The van der Waals surface area contributed by atoms with Crippen LogP contribution in [0.4, 0.5) is 0 Å². The fourth-order valence-corrected chi connectivity index (χ4v) is 2.31. The first-order chi connectivity index (χ1) is 7.89. The van der Waals surface area contributed by atoms with E-state index < -0.39 is 10.0 Å². The third-order valence-corrected chi connectivity index (χ3v) is 4.11. The molecule has 2 N–H and O–H groups in total. The first-order valence-corrected chi connectivity index (χ1v) is 6.69. The Hall–Kier alpha value is -1.11. The van der Waals surface area contributed by atoms with Crippen LogP contribution < -0.4 is 10.5 Å². The van der Waals surface area contributed by atoms with Gasteiger partial charge in [-0.1, -0.05) is 0 Å². The first-order valence-electron chi connectivity index (χ1n) is 5.25. The van der Waals surface area contributed by atoms with E-state index in [0.29, 0.717) is 18.9 Å². The third-order valence-electron chi connectivity index (χ3n) is 2.30. The molecule has 0 saturated carbocycles. The molecule has 0 aliphatic carbocycles. The molecule has 0 unspecified atom stereocenters. The summed E-state index contributed by atoms with van der Waals surface area (Å²) < 4.78 is 30.3. The van der Waals surface area contributed by atoms with Crippen LogP contribution in [-0.4, -0.2) is 40.0 Å². The van der Waals surface area contributed by atoms with Crippen LogP contribution in [0.2, 0.25) is 0 Å². The summed E-state index contributed by atoms with van der Waals surface area (Å²) in [6.45, 7) is 2.65. The number of rotatable bonds is 5. The Labute approximate surface area is 102 Å². The largest absolute Gasteiger partial charge is 0.492 e. The van der Waals surface area contributed by atoms with Crippen molar-refractivity contribution in [3.63, 3.8) is 0 Å². The van der Waals surface area contributed by atoms with Crippen molar-refractivity contribution < 1.29 is 13.2 Å². The maximum absolute atomic E-state index is 11.9. The van der Waals surface area contributed by atoms with Gasteiger partial charge in [-0.15, -0.1) is 0 Å². The van der Waals surface area contributed by atoms with Crippen LogP contribution in [0.1, 0.15) is 5.56 Å². The van der Waals surface area contributed by atoms with Crippen LogP contribution >= 0.6 is 0 Å². The fraction of sp³-hybridized carbons (Fsp3) is 0.455. The molecule has 0 spiro atoms. The number of nitrogens with zero attached hydrogens (tertiary/aromatic N) is 1. The summed E-state index contributed by atoms with van der Waals surface area (Å²) in [4.78, 5) is 0.264. The van der Waals surface area contributed by atoms with Gasteiger partial charge in [0.2, 0.25) is 10.0 Å². The molecule has 0 aliphatic rings. The fourth-order valence-electron chi connectivity index (χ4n) is 1.32. The van der Waals surface area contributed by atoms with E-state index in [-0.39, 0.29) is 4.90 Å². The topological polar surface area (TPSA) is 72.6 Å². The molecule has 0 atom stereocenters. The highest BCUT2D eigenvalue weighted by Gasteiger charge is 2.17. The van der Waals surface area contributed by atoms with Crippen molar-refractivity contribution in [1.29, 1.82) is 0 Å². The molecule has 0 heterocycles. The molecule has 0 amide bonds. The van der Waals surface area contributed by atoms with E-state index in [9.17, 15) is 8.42 Å². The van der Waals surface area contributed by atoms with Gasteiger partial charge in [-0.25, -0.2) is 12.7 Å². The zero-order valence-corrected chi connectivity index (χ0v) is 11.1. The highest BCUT2D eigenvalue weighted by atomic mass is 32.2. The number of sulfonamides is 1. The molecule has 0 radical (unpaired) electrons. The normalized spacial score (nSPS) is 11.8. The number of hydrogen-bond donors (Lipinski definition) is 1. The molecule has 17 heavy (non-hydrogen) atoms. The smallest absolute Gasteiger partial charge is 0.242 e. The highest BCUT2D eigenvalue weighted by Crippen LogP contribution is 2.22. The lowest BCUT2D eigenvalue weighted by Gasteiger charge is -2.13. The second kappa shape index (κ2) is 5.48. The van der Waals surface area contributed by atoms with Gasteiger partial charge in [0.15, 0.2) is 0 Å². The first kappa shape index (κ1) is 14.0. The monoisotopic (exact) mass is 258 g/mol. The number of nitrogens with two attached hydrogens (primary N) is 1. The number of benzene rings is 1. The SMILES string of the molecule is Cc1cc(S(=O)(=O)N(C)C)ccc1OCCN. The van der Waals surface area contributed by atoms with Crippen LogP contribution in [0.5, 0.6) is 5.75 Å². The van der Waals surface area contributed by atoms with E-state index in [1.807, 2.05) is 0 Å². The zero-order valence-electron chi connectivity index (χ0n) is 10.3. The third kappa shape index (κ3) is 3.18. The summed E-state index contributed by atoms with van der Waals surface area (Å²) in [6, 6.07) is 4.79. The molecule has 1 rings (SSSR count). The lowest BCUT2D eigenvalue weighted by atomic mass is 10.2. The number of hydrogen-bond acceptors (Lipinski definition) is 4. The van der Waals surface area contributed by atoms with E-state index >= 15 is 0 Å². The van der Waals surface area contributed by atoms with Gasteiger partial charge in [0.25, 0.3) is 0 Å². The predicted octanol–water partition coefficient (Wildman–Crippen LogP) is 0.583. The van der Waals surface area contributed by atoms with E-state index in [0.717, 1.165) is 5.56 Å². The van der Waals surface area contributed by atoms with Gasteiger partial charge < -0.3 is 10.5 Å². The molecular formula is C11H18N2O3S. The standard InChI is InChI=1S/C11H18N2O3S/c1-9-8-10(17(14,15)13(2)3)4-5-11(9)16-7-6-12/h4-5,8H,6-7,12H2,1-3H3. The molecule has 0 aromatic heterocycles. The van der Waals surface area contributed by atoms with Crippen molar-refractivity contribution in [2.75, 3.05) is 27.2 Å². The van der Waals surface area contributed by atoms with E-state index in [1.165, 1.54) is 24.5 Å². The van der Waals surface area contributed by atoms with Crippen LogP contribution in [0.3, 0.4) is 0 Å². The molecule has 0 saturated heterocycles. The van der Waals surface area contributed by atoms with Crippen LogP contribution in [0.25, 0.3) is 0 Å². The minimum absolute atomic E-state index is 0.264. The van der Waals surface area contributed by atoms with Gasteiger partial charge >= 0.3 is 0 Å². The second-order valence-corrected chi connectivity index (χ2v) is 6.00. The summed E-state index contributed by atoms with van der Waals surface area (Å²) in [6.07, 6.45) is 0. The summed E-state index contributed by atoms with van der Waals surface area (Å²) in [5.74, 6) is 0.660. The highest BCUT2D eigenvalue weighted by molar-refractivity contribution is 7.89. The minimum Gasteiger partial charge on any atom is -0.492 e. The Kier molecular flexibility index (Phi) is 4.50. The molecule has 5 nitrogen and oxygen atoms in total. The van der Waals surface area contributed by atoms with Gasteiger partial charge in [0, 0.05) is 20.6 Å². The Balaban J connectivity index is 3.05. The van der Waals surface area contributed by atoms with Gasteiger partial charge in [-0.05, 0) is 30.7 Å². The molecule has 0 fully saturated rings. The average molecular weight is 258 g/mol. The maximum atomic E-state index is 11.9. The van der Waals surface area contributed by atoms with Gasteiger partial charge in [0.05, 0.1) is 4.90 Å². The molecule has 1 aromatic carbocycles. The summed E-state index contributed by atoms with van der Waals surface area (Å²) >= 11 is 0. The Bertz CT molecular complexity index is 483. The lowest BCUT2D eigenvalue weighted by Crippen LogP contribution is -2.22. The summed E-state index contributed by atoms with van der Waals surface area (Å²) in [7, 11) is -0.377. The van der Waals surface area contributed by atoms with Crippen molar-refractivity contribution in [1.82, 2.24) is 4.31 Å². The van der Waals surface area contributed by atoms with Gasteiger partial charge in [-0.2, -0.15) is 0 Å². The van der Waals surface area contributed by atoms with Crippen molar-refractivity contribution in [3.8, 4) is 5.75 Å². The zero-order chi connectivity index (χ0) is 13.1. The van der Waals surface area contributed by atoms with Gasteiger partial charge in [-0.3, -0.25) is 0 Å². The van der Waals surface area contributed by atoms with Crippen LogP contribution in [0.15, 0.2) is 23.1 Å². The molecule has 0 bridgehead atoms. The second-order valence-electron chi connectivity index (χ2n) is 3.85. The van der Waals surface area contributed by atoms with Crippen molar-refractivity contribution in [2.45, 2.75) is 11.8 Å². The Morgan fingerprint density at radius 3 is 2.47 bits per heavy atom. The molecule has 6 heteroatoms. The number of ether oxygens (including phenoxy) is 1. The van der Waals surface area contributed by atoms with Crippen molar-refractivity contribution in [3.05, 3.63) is 23.8 Å². The predicted molar refractivity (Wildman–Crippen MR) is 66.6 cm³/mol.